The number of hydrogen-bond acceptors (Lipinski definition) is 5. The zero-order chi connectivity index (χ0) is 24.8. The molecule has 0 aromatic heterocycles. The summed E-state index contributed by atoms with van der Waals surface area (Å²) in [5.74, 6) is -0.238. The number of nitrogens with two attached hydrogens (primary N) is 1. The van der Waals surface area contributed by atoms with Crippen molar-refractivity contribution in [2.24, 2.45) is 17.6 Å². The van der Waals surface area contributed by atoms with Crippen LogP contribution in [0.25, 0.3) is 11.1 Å². The van der Waals surface area contributed by atoms with Crippen molar-refractivity contribution in [3.63, 3.8) is 0 Å². The fourth-order valence-corrected chi connectivity index (χ4v) is 6.00. The molecule has 0 unspecified atom stereocenters. The minimum absolute atomic E-state index is 0.0692. The molecule has 1 heterocycles. The van der Waals surface area contributed by atoms with Crippen molar-refractivity contribution in [2.45, 2.75) is 62.7 Å². The van der Waals surface area contributed by atoms with Crippen LogP contribution in [0.5, 0.6) is 0 Å². The van der Waals surface area contributed by atoms with Gasteiger partial charge < -0.3 is 25.6 Å². The molecular formula is C29H40N2O4. The first kappa shape index (κ1) is 25.8. The third-order valence-electron chi connectivity index (χ3n) is 7.97. The number of aliphatic hydroxyl groups is 2. The zero-order valence-corrected chi connectivity index (χ0v) is 20.8. The number of amides is 1. The van der Waals surface area contributed by atoms with Gasteiger partial charge >= 0.3 is 0 Å². The summed E-state index contributed by atoms with van der Waals surface area (Å²) < 4.78 is 5.26. The molecule has 6 nitrogen and oxygen atoms in total. The van der Waals surface area contributed by atoms with Gasteiger partial charge in [0.2, 0.25) is 5.91 Å². The molecule has 1 saturated heterocycles. The van der Waals surface area contributed by atoms with E-state index in [1.807, 2.05) is 41.3 Å². The van der Waals surface area contributed by atoms with Gasteiger partial charge in [-0.05, 0) is 61.6 Å². The molecule has 0 bridgehead atoms. The van der Waals surface area contributed by atoms with Crippen LogP contribution < -0.4 is 5.73 Å². The lowest BCUT2D eigenvalue weighted by molar-refractivity contribution is -0.141. The second-order valence-electron chi connectivity index (χ2n) is 10.3. The number of aliphatic hydroxyl groups excluding tert-OH is 1. The Hall–Kier alpha value is -2.25. The molecule has 4 N–H and O–H groups in total. The number of carbonyl (C=O) groups is 1. The number of methoxy groups -OCH3 is 1. The smallest absolute Gasteiger partial charge is 0.225 e. The number of hydrogen-bond donors (Lipinski definition) is 3. The van der Waals surface area contributed by atoms with Gasteiger partial charge in [0.1, 0.15) is 0 Å². The molecule has 35 heavy (non-hydrogen) atoms. The van der Waals surface area contributed by atoms with E-state index >= 15 is 0 Å². The Bertz CT molecular complexity index is 958. The third-order valence-corrected chi connectivity index (χ3v) is 7.97. The lowest BCUT2D eigenvalue weighted by atomic mass is 9.72. The van der Waals surface area contributed by atoms with Gasteiger partial charge in [-0.1, -0.05) is 54.6 Å². The number of benzene rings is 2. The summed E-state index contributed by atoms with van der Waals surface area (Å²) in [4.78, 5) is 15.3. The first-order valence-corrected chi connectivity index (χ1v) is 13.0. The van der Waals surface area contributed by atoms with Crippen LogP contribution in [0.3, 0.4) is 0 Å². The van der Waals surface area contributed by atoms with Crippen LogP contribution in [-0.2, 0) is 15.1 Å². The highest BCUT2D eigenvalue weighted by atomic mass is 16.5. The summed E-state index contributed by atoms with van der Waals surface area (Å²) in [5.41, 5.74) is 7.97. The van der Waals surface area contributed by atoms with E-state index in [-0.39, 0.29) is 23.8 Å². The molecule has 0 spiro atoms. The molecule has 0 radical (unpaired) electrons. The van der Waals surface area contributed by atoms with Gasteiger partial charge in [-0.3, -0.25) is 4.79 Å². The Morgan fingerprint density at radius 2 is 1.86 bits per heavy atom. The lowest BCUT2D eigenvalue weighted by Crippen LogP contribution is -2.49. The number of carbonyl (C=O) groups excluding carboxylic acids is 1. The van der Waals surface area contributed by atoms with Gasteiger partial charge in [0, 0.05) is 44.7 Å². The number of unbranched alkanes of at least 4 members (excludes halogenated alkanes) is 1. The quantitative estimate of drug-likeness (QED) is 0.476. The number of rotatable bonds is 9. The second kappa shape index (κ2) is 11.7. The van der Waals surface area contributed by atoms with Crippen LogP contribution in [0.1, 0.15) is 50.5 Å². The second-order valence-corrected chi connectivity index (χ2v) is 10.3. The summed E-state index contributed by atoms with van der Waals surface area (Å²) in [6.45, 7) is 1.87. The molecule has 1 amide bonds. The Labute approximate surface area is 209 Å². The van der Waals surface area contributed by atoms with E-state index in [1.54, 1.807) is 7.11 Å². The molecule has 190 valence electrons. The minimum Gasteiger partial charge on any atom is -0.391 e. The van der Waals surface area contributed by atoms with Crippen LogP contribution in [0, 0.1) is 11.8 Å². The highest BCUT2D eigenvalue weighted by Crippen LogP contribution is 2.44. The molecule has 2 aromatic carbocycles. The van der Waals surface area contributed by atoms with Gasteiger partial charge in [-0.25, -0.2) is 0 Å². The SMILES string of the molecule is COCCCC[C@@](O)(c1ccccc1-c1ccccc1)[C@@H]1CCCN(C(=O)[C@H]2C[C@@H](N)[C@@H](O)C2)C1. The maximum absolute atomic E-state index is 13.3. The van der Waals surface area contributed by atoms with E-state index in [2.05, 4.69) is 18.2 Å². The molecule has 2 aromatic rings. The maximum Gasteiger partial charge on any atom is 0.225 e. The van der Waals surface area contributed by atoms with Gasteiger partial charge in [0.05, 0.1) is 11.7 Å². The summed E-state index contributed by atoms with van der Waals surface area (Å²) in [6, 6.07) is 18.0. The lowest BCUT2D eigenvalue weighted by Gasteiger charge is -2.44. The van der Waals surface area contributed by atoms with Gasteiger partial charge in [-0.2, -0.15) is 0 Å². The van der Waals surface area contributed by atoms with E-state index in [1.165, 1.54) is 0 Å². The van der Waals surface area contributed by atoms with Crippen molar-refractivity contribution >= 4 is 5.91 Å². The number of likely N-dealkylation sites (tertiary alicyclic amines) is 1. The van der Waals surface area contributed by atoms with E-state index in [0.29, 0.717) is 39.0 Å². The van der Waals surface area contributed by atoms with E-state index in [0.717, 1.165) is 42.4 Å². The Balaban J connectivity index is 1.62. The van der Waals surface area contributed by atoms with Crippen molar-refractivity contribution in [1.82, 2.24) is 4.90 Å². The Kier molecular flexibility index (Phi) is 8.60. The van der Waals surface area contributed by atoms with Crippen molar-refractivity contribution in [3.05, 3.63) is 60.2 Å². The monoisotopic (exact) mass is 480 g/mol. The molecule has 5 atom stereocenters. The van der Waals surface area contributed by atoms with Gasteiger partial charge in [-0.15, -0.1) is 0 Å². The van der Waals surface area contributed by atoms with Crippen molar-refractivity contribution in [3.8, 4) is 11.1 Å². The highest BCUT2D eigenvalue weighted by molar-refractivity contribution is 5.79. The van der Waals surface area contributed by atoms with Crippen LogP contribution in [0.2, 0.25) is 0 Å². The standard InChI is InChI=1S/C29H40N2O4/c1-35-17-8-7-15-29(34,25-14-6-5-13-24(25)21-10-3-2-4-11-21)23-12-9-16-31(20-23)28(33)22-18-26(30)27(32)19-22/h2-6,10-11,13-14,22-23,26-27,32,34H,7-9,12,15-20,30H2,1H3/t22-,23+,26+,27-,29-/m0/s1. The maximum atomic E-state index is 13.3. The van der Waals surface area contributed by atoms with Gasteiger partial charge in [0.15, 0.2) is 0 Å². The van der Waals surface area contributed by atoms with Crippen LogP contribution >= 0.6 is 0 Å². The highest BCUT2D eigenvalue weighted by Gasteiger charge is 2.44. The molecule has 1 aliphatic heterocycles. The summed E-state index contributed by atoms with van der Waals surface area (Å²) in [6.07, 6.45) is 4.38. The van der Waals surface area contributed by atoms with E-state index in [9.17, 15) is 15.0 Å². The van der Waals surface area contributed by atoms with Crippen molar-refractivity contribution in [1.29, 1.82) is 0 Å². The Morgan fingerprint density at radius 1 is 1.11 bits per heavy atom. The number of ether oxygens (including phenoxy) is 1. The largest absolute Gasteiger partial charge is 0.391 e. The summed E-state index contributed by atoms with van der Waals surface area (Å²) >= 11 is 0. The zero-order valence-electron chi connectivity index (χ0n) is 20.8. The first-order chi connectivity index (χ1) is 16.9. The van der Waals surface area contributed by atoms with E-state index in [4.69, 9.17) is 10.5 Å². The fraction of sp³-hybridized carbons (Fsp3) is 0.552. The van der Waals surface area contributed by atoms with Gasteiger partial charge in [0.25, 0.3) is 0 Å². The number of piperidine rings is 1. The van der Waals surface area contributed by atoms with Crippen molar-refractivity contribution < 1.29 is 19.7 Å². The van der Waals surface area contributed by atoms with Crippen LogP contribution in [0.4, 0.5) is 0 Å². The molecule has 1 aliphatic carbocycles. The topological polar surface area (TPSA) is 96.0 Å². The fourth-order valence-electron chi connectivity index (χ4n) is 6.00. The normalized spacial score (nSPS) is 26.5. The first-order valence-electron chi connectivity index (χ1n) is 13.0. The molecule has 2 aliphatic rings. The van der Waals surface area contributed by atoms with Crippen LogP contribution in [-0.4, -0.2) is 60.0 Å². The molecule has 6 heteroatoms. The molecule has 1 saturated carbocycles. The Morgan fingerprint density at radius 3 is 2.57 bits per heavy atom. The molecule has 2 fully saturated rings. The molecular weight excluding hydrogens is 440 g/mol. The summed E-state index contributed by atoms with van der Waals surface area (Å²) in [7, 11) is 1.70. The van der Waals surface area contributed by atoms with Crippen LogP contribution in [0.15, 0.2) is 54.6 Å². The third kappa shape index (κ3) is 5.78. The average Bonchev–Trinajstić information content (AvgIpc) is 3.24. The summed E-state index contributed by atoms with van der Waals surface area (Å²) in [5, 5.41) is 22.5. The van der Waals surface area contributed by atoms with E-state index < -0.39 is 11.7 Å². The number of nitrogens with zero attached hydrogens (tertiary/aromatic N) is 1. The minimum atomic E-state index is -1.06. The molecule has 4 rings (SSSR count). The van der Waals surface area contributed by atoms with Crippen molar-refractivity contribution in [2.75, 3.05) is 26.8 Å². The predicted octanol–water partition coefficient (Wildman–Crippen LogP) is 3.69. The average molecular weight is 481 g/mol. The predicted molar refractivity (Wildman–Crippen MR) is 138 cm³/mol.